The number of amides is 3. The van der Waals surface area contributed by atoms with E-state index in [1.54, 1.807) is 18.2 Å². The molecule has 1 heterocycles. The van der Waals surface area contributed by atoms with Gasteiger partial charge in [-0.3, -0.25) is 19.7 Å². The van der Waals surface area contributed by atoms with E-state index in [0.717, 1.165) is 11.1 Å². The number of nitrogens with one attached hydrogen (secondary N) is 1. The van der Waals surface area contributed by atoms with Gasteiger partial charge in [-0.25, -0.2) is 0 Å². The van der Waals surface area contributed by atoms with Crippen molar-refractivity contribution >= 4 is 18.2 Å². The number of piperidine rings is 1. The summed E-state index contributed by atoms with van der Waals surface area (Å²) < 4.78 is 0. The molecule has 108 valence electrons. The second kappa shape index (κ2) is 6.18. The highest BCUT2D eigenvalue weighted by Crippen LogP contribution is 2.17. The lowest BCUT2D eigenvalue weighted by molar-refractivity contribution is -0.141. The zero-order valence-electron chi connectivity index (χ0n) is 11.6. The Morgan fingerprint density at radius 3 is 2.86 bits per heavy atom. The van der Waals surface area contributed by atoms with Crippen molar-refractivity contribution in [2.24, 2.45) is 0 Å². The van der Waals surface area contributed by atoms with Crippen LogP contribution in [-0.2, 0) is 20.9 Å². The first-order valence-electron chi connectivity index (χ1n) is 6.59. The predicted molar refractivity (Wildman–Crippen MR) is 73.7 cm³/mol. The van der Waals surface area contributed by atoms with Crippen molar-refractivity contribution in [3.8, 4) is 6.07 Å². The Hall–Kier alpha value is -2.68. The summed E-state index contributed by atoms with van der Waals surface area (Å²) in [7, 11) is 0. The fraction of sp³-hybridized carbons (Fsp3) is 0.333. The fourth-order valence-corrected chi connectivity index (χ4v) is 2.33. The van der Waals surface area contributed by atoms with E-state index in [1.807, 2.05) is 13.0 Å². The highest BCUT2D eigenvalue weighted by atomic mass is 16.2. The summed E-state index contributed by atoms with van der Waals surface area (Å²) in [6, 6.07) is 6.62. The Morgan fingerprint density at radius 2 is 2.24 bits per heavy atom. The summed E-state index contributed by atoms with van der Waals surface area (Å²) in [6.07, 6.45) is 1.15. The Bertz CT molecular complexity index is 634. The molecule has 1 aromatic rings. The Kier molecular flexibility index (Phi) is 4.33. The van der Waals surface area contributed by atoms with Gasteiger partial charge in [0.15, 0.2) is 0 Å². The second-order valence-corrected chi connectivity index (χ2v) is 5.00. The fourth-order valence-electron chi connectivity index (χ4n) is 2.33. The van der Waals surface area contributed by atoms with Gasteiger partial charge in [-0.15, -0.1) is 0 Å². The predicted octanol–water partition coefficient (Wildman–Crippen LogP) is 0.630. The van der Waals surface area contributed by atoms with Crippen molar-refractivity contribution in [1.82, 2.24) is 10.2 Å². The van der Waals surface area contributed by atoms with Gasteiger partial charge >= 0.3 is 0 Å². The molecule has 1 aliphatic heterocycles. The van der Waals surface area contributed by atoms with Crippen LogP contribution in [-0.4, -0.2) is 29.2 Å². The number of rotatable bonds is 4. The molecule has 1 unspecified atom stereocenters. The maximum Gasteiger partial charge on any atom is 0.249 e. The smallest absolute Gasteiger partial charge is 0.249 e. The molecule has 0 bridgehead atoms. The first-order chi connectivity index (χ1) is 10.0. The average Bonchev–Trinajstić information content (AvgIpc) is 2.47. The van der Waals surface area contributed by atoms with Crippen LogP contribution < -0.4 is 5.32 Å². The van der Waals surface area contributed by atoms with Crippen molar-refractivity contribution in [3.63, 3.8) is 0 Å². The number of benzene rings is 1. The van der Waals surface area contributed by atoms with Crippen molar-refractivity contribution in [2.75, 3.05) is 0 Å². The van der Waals surface area contributed by atoms with E-state index in [9.17, 15) is 14.4 Å². The van der Waals surface area contributed by atoms with Crippen molar-refractivity contribution in [3.05, 3.63) is 34.9 Å². The van der Waals surface area contributed by atoms with E-state index >= 15 is 0 Å². The molecule has 2 rings (SSSR count). The topological polar surface area (TPSA) is 90.3 Å². The van der Waals surface area contributed by atoms with Gasteiger partial charge in [0.05, 0.1) is 11.6 Å². The van der Waals surface area contributed by atoms with Crippen LogP contribution in [0.15, 0.2) is 18.2 Å². The highest BCUT2D eigenvalue weighted by molar-refractivity contribution is 6.00. The number of nitriles is 1. The number of carbonyl (C=O) groups is 3. The van der Waals surface area contributed by atoms with E-state index in [1.165, 1.54) is 4.90 Å². The minimum Gasteiger partial charge on any atom is -0.329 e. The van der Waals surface area contributed by atoms with Crippen molar-refractivity contribution in [2.45, 2.75) is 32.4 Å². The van der Waals surface area contributed by atoms with Crippen LogP contribution in [0.25, 0.3) is 0 Å². The zero-order chi connectivity index (χ0) is 15.4. The van der Waals surface area contributed by atoms with E-state index in [2.05, 4.69) is 5.32 Å². The molecule has 6 nitrogen and oxygen atoms in total. The van der Waals surface area contributed by atoms with Crippen molar-refractivity contribution in [1.29, 1.82) is 5.26 Å². The quantitative estimate of drug-likeness (QED) is 0.649. The minimum atomic E-state index is -0.648. The molecular formula is C15H15N3O3. The molecule has 1 aromatic carbocycles. The number of aryl methyl sites for hydroxylation is 1. The summed E-state index contributed by atoms with van der Waals surface area (Å²) in [5.41, 5.74) is 2.25. The maximum absolute atomic E-state index is 11.8. The summed E-state index contributed by atoms with van der Waals surface area (Å²) in [4.78, 5) is 35.6. The first kappa shape index (κ1) is 14.7. The van der Waals surface area contributed by atoms with E-state index in [0.29, 0.717) is 18.4 Å². The number of hydrogen-bond donors (Lipinski definition) is 1. The average molecular weight is 285 g/mol. The number of carbonyl (C=O) groups excluding carboxylic acids is 3. The van der Waals surface area contributed by atoms with Crippen LogP contribution in [0.5, 0.6) is 0 Å². The van der Waals surface area contributed by atoms with Crippen LogP contribution in [0.4, 0.5) is 0 Å². The van der Waals surface area contributed by atoms with Gasteiger partial charge in [-0.05, 0) is 36.6 Å². The van der Waals surface area contributed by atoms with Gasteiger partial charge in [0.2, 0.25) is 18.2 Å². The van der Waals surface area contributed by atoms with Gasteiger partial charge in [0.1, 0.15) is 6.04 Å². The summed E-state index contributed by atoms with van der Waals surface area (Å²) in [5, 5.41) is 11.2. The molecule has 1 saturated heterocycles. The second-order valence-electron chi connectivity index (χ2n) is 5.00. The molecule has 0 aliphatic carbocycles. The Labute approximate surface area is 122 Å². The summed E-state index contributed by atoms with van der Waals surface area (Å²) in [5.74, 6) is -0.766. The number of imide groups is 1. The molecule has 21 heavy (non-hydrogen) atoms. The molecule has 0 aromatic heterocycles. The summed E-state index contributed by atoms with van der Waals surface area (Å²) in [6.45, 7) is 2.11. The zero-order valence-corrected chi connectivity index (χ0v) is 11.6. The Morgan fingerprint density at radius 1 is 1.48 bits per heavy atom. The number of nitrogens with zero attached hydrogens (tertiary/aromatic N) is 2. The van der Waals surface area contributed by atoms with Gasteiger partial charge < -0.3 is 4.90 Å². The van der Waals surface area contributed by atoms with Crippen LogP contribution in [0.2, 0.25) is 0 Å². The molecule has 1 atom stereocenters. The van der Waals surface area contributed by atoms with Gasteiger partial charge in [-0.2, -0.15) is 5.26 Å². The lowest BCUT2D eigenvalue weighted by Gasteiger charge is -2.30. The van der Waals surface area contributed by atoms with E-state index in [4.69, 9.17) is 5.26 Å². The van der Waals surface area contributed by atoms with Gasteiger partial charge in [-0.1, -0.05) is 6.07 Å². The molecular weight excluding hydrogens is 270 g/mol. The minimum absolute atomic E-state index is 0.220. The van der Waals surface area contributed by atoms with Crippen LogP contribution in [0.1, 0.15) is 29.5 Å². The molecule has 3 amide bonds. The Balaban J connectivity index is 2.20. The molecule has 1 N–H and O–H groups in total. The highest BCUT2D eigenvalue weighted by Gasteiger charge is 2.31. The SMILES string of the molecule is Cc1ccc(C#N)cc1CN(C=O)C1CCC(=O)NC1=O. The van der Waals surface area contributed by atoms with E-state index < -0.39 is 11.9 Å². The molecule has 1 aliphatic rings. The number of hydrogen-bond acceptors (Lipinski definition) is 4. The monoisotopic (exact) mass is 285 g/mol. The lowest BCUT2D eigenvalue weighted by atomic mass is 10.0. The van der Waals surface area contributed by atoms with E-state index in [-0.39, 0.29) is 18.9 Å². The summed E-state index contributed by atoms with van der Waals surface area (Å²) >= 11 is 0. The first-order valence-corrected chi connectivity index (χ1v) is 6.59. The molecule has 0 spiro atoms. The van der Waals surface area contributed by atoms with Crippen LogP contribution >= 0.6 is 0 Å². The van der Waals surface area contributed by atoms with Crippen LogP contribution in [0, 0.1) is 18.3 Å². The maximum atomic E-state index is 11.8. The van der Waals surface area contributed by atoms with Crippen molar-refractivity contribution < 1.29 is 14.4 Å². The van der Waals surface area contributed by atoms with Crippen LogP contribution in [0.3, 0.4) is 0 Å². The van der Waals surface area contributed by atoms with Gasteiger partial charge in [0.25, 0.3) is 0 Å². The largest absolute Gasteiger partial charge is 0.329 e. The third-order valence-corrected chi connectivity index (χ3v) is 3.58. The normalized spacial score (nSPS) is 17.8. The lowest BCUT2D eigenvalue weighted by Crippen LogP contribution is -2.51. The molecule has 1 fully saturated rings. The third-order valence-electron chi connectivity index (χ3n) is 3.58. The molecule has 0 radical (unpaired) electrons. The molecule has 0 saturated carbocycles. The van der Waals surface area contributed by atoms with Gasteiger partial charge in [0, 0.05) is 13.0 Å². The molecule has 6 heteroatoms. The third kappa shape index (κ3) is 3.26. The standard InChI is InChI=1S/C15H15N3O3/c1-10-2-3-11(7-16)6-12(10)8-18(9-19)13-4-5-14(20)17-15(13)21/h2-3,6,9,13H,4-5,8H2,1H3,(H,17,20,21).